The fourth-order valence-corrected chi connectivity index (χ4v) is 11.4. The van der Waals surface area contributed by atoms with E-state index in [1.54, 1.807) is 12.1 Å². The van der Waals surface area contributed by atoms with Gasteiger partial charge in [0.2, 0.25) is 0 Å². The van der Waals surface area contributed by atoms with E-state index in [1.165, 1.54) is 42.5 Å². The van der Waals surface area contributed by atoms with Crippen LogP contribution in [0.5, 0.6) is 0 Å². The lowest BCUT2D eigenvalue weighted by Gasteiger charge is -2.32. The Morgan fingerprint density at radius 3 is 1.16 bits per heavy atom. The zero-order chi connectivity index (χ0) is 63.5. The van der Waals surface area contributed by atoms with Gasteiger partial charge in [0.15, 0.2) is 0 Å². The number of aliphatic hydroxyl groups is 4. The standard InChI is InChI=1S/C13H18O4S.C9H4F3NO5S.C9H13F3O4S.C7H11F3O4S.C6H9F3O4S/c1-10-6-8-11(9-7-10)18(15,16)17-13-5-3-2-4-12(13)14;10-9(11,12)19(16,17)18-13-7(14)5-3-1-2-4-6(5)8(13)15;1-2-6-4-3-5-7(8(6)13)16-17(14,15)9(10,11)12;8-7(9,10)15(12,13)14-6-4-2-1-3-5(6)11;7-6(8,9)14(11,12)13-5-3-1-2-4(5)10/h6-9,12-14H,2-5H2,1H3;1-4H;2,6-8,13H,1,3-5H2;5-6,11H,1-4H2;4-5,10H,1-3H2. The van der Waals surface area contributed by atoms with Gasteiger partial charge >= 0.3 is 62.5 Å². The van der Waals surface area contributed by atoms with Gasteiger partial charge < -0.3 is 20.4 Å². The molecule has 4 fully saturated rings. The van der Waals surface area contributed by atoms with E-state index in [0.717, 1.165) is 18.4 Å². The van der Waals surface area contributed by atoms with Crippen LogP contribution in [0.2, 0.25) is 0 Å². The first-order valence-corrected chi connectivity index (χ1v) is 31.2. The number of hydrogen-bond acceptors (Lipinski definition) is 21. The Morgan fingerprint density at radius 1 is 0.470 bits per heavy atom. The molecule has 2 amide bonds. The molecule has 2 aromatic rings. The summed E-state index contributed by atoms with van der Waals surface area (Å²) in [5.74, 6) is -2.99. The maximum absolute atomic E-state index is 12.1. The molecular formula is C44H55F12NO21S5. The van der Waals surface area contributed by atoms with Crippen LogP contribution < -0.4 is 0 Å². The number of imide groups is 1. The van der Waals surface area contributed by atoms with Crippen LogP contribution >= 0.6 is 0 Å². The van der Waals surface area contributed by atoms with Gasteiger partial charge in [-0.15, -0.1) is 15.9 Å². The Hall–Kier alpha value is -4.13. The molecule has 5 aliphatic rings. The van der Waals surface area contributed by atoms with Crippen molar-refractivity contribution in [2.75, 3.05) is 0 Å². The molecule has 7 rings (SSSR count). The number of nitrogens with zero attached hydrogens (tertiary/aromatic N) is 1. The number of carbonyl (C=O) groups is 2. The molecule has 0 spiro atoms. The zero-order valence-electron chi connectivity index (χ0n) is 42.8. The summed E-state index contributed by atoms with van der Waals surface area (Å²) in [6, 6.07) is 11.6. The summed E-state index contributed by atoms with van der Waals surface area (Å²) in [5, 5.41) is 37.2. The average Bonchev–Trinajstić information content (AvgIpc) is 4.01. The lowest BCUT2D eigenvalue weighted by molar-refractivity contribution is -0.0749. The maximum atomic E-state index is 12.1. The number of rotatable bonds is 12. The quantitative estimate of drug-likeness (QED) is 0.0575. The van der Waals surface area contributed by atoms with Crippen molar-refractivity contribution in [3.63, 3.8) is 0 Å². The molecule has 2 aromatic carbocycles. The molecule has 83 heavy (non-hydrogen) atoms. The number of hydroxylamine groups is 2. The maximum Gasteiger partial charge on any atom is 0.525 e. The highest BCUT2D eigenvalue weighted by Crippen LogP contribution is 2.35. The van der Waals surface area contributed by atoms with Crippen LogP contribution in [0.15, 0.2) is 66.1 Å². The van der Waals surface area contributed by atoms with Gasteiger partial charge in [-0.1, -0.05) is 68.0 Å². The first-order valence-electron chi connectivity index (χ1n) is 24.1. The van der Waals surface area contributed by atoms with E-state index < -0.39 is 144 Å². The van der Waals surface area contributed by atoms with Crippen molar-refractivity contribution in [1.82, 2.24) is 5.06 Å². The molecule has 1 heterocycles. The second-order valence-electron chi connectivity index (χ2n) is 18.5. The van der Waals surface area contributed by atoms with Gasteiger partial charge in [-0.3, -0.25) is 26.3 Å². The molecule has 39 heteroatoms. The molecule has 22 nitrogen and oxygen atoms in total. The summed E-state index contributed by atoms with van der Waals surface area (Å²) in [6.45, 7) is 5.32. The minimum absolute atomic E-state index is 0.0703. The largest absolute Gasteiger partial charge is 0.525 e. The summed E-state index contributed by atoms with van der Waals surface area (Å²) in [7, 11) is -26.7. The highest BCUT2D eigenvalue weighted by atomic mass is 32.2. The van der Waals surface area contributed by atoms with Gasteiger partial charge in [0.05, 0.1) is 40.4 Å². The predicted octanol–water partition coefficient (Wildman–Crippen LogP) is 6.56. The number of aliphatic hydroxyl groups excluding tert-OH is 4. The molecule has 9 unspecified atom stereocenters. The Balaban J connectivity index is 0.000000273. The number of halogens is 12. The molecule has 0 bridgehead atoms. The van der Waals surface area contributed by atoms with Crippen molar-refractivity contribution in [1.29, 1.82) is 0 Å². The van der Waals surface area contributed by atoms with E-state index in [2.05, 4.69) is 23.4 Å². The molecule has 4 aliphatic carbocycles. The van der Waals surface area contributed by atoms with Crippen molar-refractivity contribution < 1.29 is 146 Å². The monoisotopic (exact) mass is 1320 g/mol. The third-order valence-corrected chi connectivity index (χ3v) is 17.7. The molecule has 1 aliphatic heterocycles. The number of fused-ring (bicyclic) bond motifs is 1. The summed E-state index contributed by atoms with van der Waals surface area (Å²) in [5.41, 5.74) is -21.5. The Morgan fingerprint density at radius 2 is 0.795 bits per heavy atom. The summed E-state index contributed by atoms with van der Waals surface area (Å²) < 4.78 is 274. The number of carbonyl (C=O) groups excluding carboxylic acids is 2. The van der Waals surface area contributed by atoms with Gasteiger partial charge in [0.25, 0.3) is 21.9 Å². The number of aryl methyl sites for hydroxylation is 1. The van der Waals surface area contributed by atoms with Crippen LogP contribution in [0.3, 0.4) is 0 Å². The fraction of sp³-hybridized carbons (Fsp3) is 0.636. The number of hydrogen-bond donors (Lipinski definition) is 4. The molecule has 4 saturated carbocycles. The topological polar surface area (TPSA) is 335 Å². The van der Waals surface area contributed by atoms with Crippen molar-refractivity contribution >= 4 is 62.4 Å². The van der Waals surface area contributed by atoms with Gasteiger partial charge in [0.1, 0.15) is 24.4 Å². The van der Waals surface area contributed by atoms with Gasteiger partial charge in [0, 0.05) is 5.92 Å². The minimum Gasteiger partial charge on any atom is -0.390 e. The van der Waals surface area contributed by atoms with E-state index in [-0.39, 0.29) is 48.1 Å². The van der Waals surface area contributed by atoms with Crippen LogP contribution in [0.25, 0.3) is 0 Å². The van der Waals surface area contributed by atoms with Crippen molar-refractivity contribution in [2.45, 2.75) is 173 Å². The van der Waals surface area contributed by atoms with Crippen molar-refractivity contribution in [2.24, 2.45) is 5.92 Å². The number of benzene rings is 2. The van der Waals surface area contributed by atoms with Crippen molar-refractivity contribution in [3.8, 4) is 0 Å². The van der Waals surface area contributed by atoms with Crippen LogP contribution in [-0.4, -0.2) is 150 Å². The number of alkyl halides is 12. The summed E-state index contributed by atoms with van der Waals surface area (Å²) >= 11 is 0. The van der Waals surface area contributed by atoms with E-state index >= 15 is 0 Å². The molecular weight excluding hydrogens is 1270 g/mol. The highest BCUT2D eigenvalue weighted by molar-refractivity contribution is 7.88. The third kappa shape index (κ3) is 20.5. The Kier molecular flexibility index (Phi) is 25.6. The van der Waals surface area contributed by atoms with E-state index in [9.17, 15) is 120 Å². The SMILES string of the molecule is C=CC1CCCC(OS(=O)(=O)C(F)(F)F)C1O.Cc1ccc(S(=O)(=O)OC2CCCCC2O)cc1.O=C1c2ccccc2C(=O)N1OS(=O)(=O)C(F)(F)F.O=S(=O)(OC1CCCC1O)C(F)(F)F.O=S(=O)(OC1CCCCC1O)C(F)(F)F. The highest BCUT2D eigenvalue weighted by Gasteiger charge is 2.54. The van der Waals surface area contributed by atoms with E-state index in [4.69, 9.17) is 9.29 Å². The van der Waals surface area contributed by atoms with Crippen molar-refractivity contribution in [3.05, 3.63) is 77.9 Å². The lowest BCUT2D eigenvalue weighted by Crippen LogP contribution is -2.42. The second-order valence-corrected chi connectivity index (χ2v) is 26.2. The molecule has 0 saturated heterocycles. The number of amides is 2. The smallest absolute Gasteiger partial charge is 0.390 e. The molecule has 476 valence electrons. The van der Waals surface area contributed by atoms with Gasteiger partial charge in [-0.2, -0.15) is 94.8 Å². The zero-order valence-corrected chi connectivity index (χ0v) is 46.8. The van der Waals surface area contributed by atoms with Crippen LogP contribution in [0.4, 0.5) is 52.7 Å². The van der Waals surface area contributed by atoms with Gasteiger partial charge in [-0.25, -0.2) is 0 Å². The fourth-order valence-electron chi connectivity index (χ4n) is 7.88. The molecule has 9 atom stereocenters. The molecule has 4 N–H and O–H groups in total. The predicted molar refractivity (Wildman–Crippen MR) is 258 cm³/mol. The molecule has 0 radical (unpaired) electrons. The Labute approximate surface area is 467 Å². The van der Waals surface area contributed by atoms with Crippen LogP contribution in [0, 0.1) is 12.8 Å². The second kappa shape index (κ2) is 29.0. The first-order chi connectivity index (χ1) is 37.8. The van der Waals surface area contributed by atoms with E-state index in [1.807, 2.05) is 6.92 Å². The molecule has 0 aromatic heterocycles. The minimum atomic E-state index is -6.08. The summed E-state index contributed by atoms with van der Waals surface area (Å²) in [4.78, 5) is 23.3. The van der Waals surface area contributed by atoms with Crippen LogP contribution in [0.1, 0.15) is 116 Å². The Bertz CT molecular complexity index is 3060. The summed E-state index contributed by atoms with van der Waals surface area (Å²) in [6.07, 6.45) is -0.804. The first kappa shape index (κ1) is 73.1. The normalized spacial score (nSPS) is 25.7. The third-order valence-electron chi connectivity index (χ3n) is 12.3. The lowest BCUT2D eigenvalue weighted by atomic mass is 9.85. The average molecular weight is 1320 g/mol. The van der Waals surface area contributed by atoms with Gasteiger partial charge in [-0.05, 0) is 89.0 Å². The van der Waals surface area contributed by atoms with Crippen LogP contribution in [-0.2, 0) is 71.6 Å². The van der Waals surface area contributed by atoms with E-state index in [0.29, 0.717) is 44.9 Å².